The van der Waals surface area contributed by atoms with Crippen molar-refractivity contribution in [1.29, 1.82) is 0 Å². The Bertz CT molecular complexity index is 817. The van der Waals surface area contributed by atoms with Crippen molar-refractivity contribution in [2.24, 2.45) is 0 Å². The largest absolute Gasteiger partial charge is 0.277 e. The maximum atomic E-state index is 12.6. The SMILES string of the molecule is CON(C)C(=O)c1ccc2c(c1)C(=O)N(Cc1ccccc1)C2=O. The van der Waals surface area contributed by atoms with Gasteiger partial charge in [0.15, 0.2) is 0 Å². The van der Waals surface area contributed by atoms with Crippen LogP contribution in [0.15, 0.2) is 48.5 Å². The van der Waals surface area contributed by atoms with Crippen LogP contribution in [0.4, 0.5) is 0 Å². The summed E-state index contributed by atoms with van der Waals surface area (Å²) >= 11 is 0. The van der Waals surface area contributed by atoms with Gasteiger partial charge in [0.25, 0.3) is 17.7 Å². The van der Waals surface area contributed by atoms with E-state index in [-0.39, 0.29) is 23.9 Å². The third-order valence-corrected chi connectivity index (χ3v) is 3.96. The van der Waals surface area contributed by atoms with Crippen molar-refractivity contribution < 1.29 is 19.2 Å². The number of fused-ring (bicyclic) bond motifs is 1. The second-order valence-corrected chi connectivity index (χ2v) is 5.43. The Balaban J connectivity index is 1.90. The topological polar surface area (TPSA) is 66.9 Å². The second kappa shape index (κ2) is 6.25. The number of hydrogen-bond acceptors (Lipinski definition) is 4. The van der Waals surface area contributed by atoms with E-state index in [0.29, 0.717) is 11.1 Å². The molecular formula is C18H16N2O4. The van der Waals surface area contributed by atoms with Crippen molar-refractivity contribution in [1.82, 2.24) is 9.96 Å². The van der Waals surface area contributed by atoms with Crippen LogP contribution >= 0.6 is 0 Å². The van der Waals surface area contributed by atoms with Crippen LogP contribution in [-0.4, -0.2) is 41.8 Å². The molecular weight excluding hydrogens is 308 g/mol. The van der Waals surface area contributed by atoms with Gasteiger partial charge >= 0.3 is 0 Å². The van der Waals surface area contributed by atoms with Gasteiger partial charge in [-0.1, -0.05) is 30.3 Å². The Morgan fingerprint density at radius 1 is 1.04 bits per heavy atom. The standard InChI is InChI=1S/C18H16N2O4/c1-19(24-2)16(21)13-8-9-14-15(10-13)18(23)20(17(14)22)11-12-6-4-3-5-7-12/h3-10H,11H2,1-2H3. The fourth-order valence-electron chi connectivity index (χ4n) is 2.60. The summed E-state index contributed by atoms with van der Waals surface area (Å²) in [6.07, 6.45) is 0. The van der Waals surface area contributed by atoms with E-state index in [1.54, 1.807) is 0 Å². The first-order chi connectivity index (χ1) is 11.5. The number of hydroxylamine groups is 2. The average molecular weight is 324 g/mol. The lowest BCUT2D eigenvalue weighted by Crippen LogP contribution is -2.29. The molecule has 0 fully saturated rings. The Kier molecular flexibility index (Phi) is 4.14. The maximum Gasteiger partial charge on any atom is 0.277 e. The Hall–Kier alpha value is -2.99. The van der Waals surface area contributed by atoms with Crippen LogP contribution < -0.4 is 0 Å². The lowest BCUT2D eigenvalue weighted by atomic mass is 10.1. The summed E-state index contributed by atoms with van der Waals surface area (Å²) in [7, 11) is 2.85. The van der Waals surface area contributed by atoms with E-state index >= 15 is 0 Å². The molecule has 0 radical (unpaired) electrons. The molecule has 24 heavy (non-hydrogen) atoms. The monoisotopic (exact) mass is 324 g/mol. The number of carbonyl (C=O) groups excluding carboxylic acids is 3. The molecule has 1 heterocycles. The summed E-state index contributed by atoms with van der Waals surface area (Å²) in [5, 5.41) is 1.06. The highest BCUT2D eigenvalue weighted by molar-refractivity contribution is 6.22. The van der Waals surface area contributed by atoms with E-state index in [0.717, 1.165) is 10.6 Å². The predicted octanol–water partition coefficient (Wildman–Crippen LogP) is 2.12. The number of imide groups is 1. The molecule has 6 heteroatoms. The van der Waals surface area contributed by atoms with Crippen LogP contribution in [0, 0.1) is 0 Å². The van der Waals surface area contributed by atoms with Gasteiger partial charge in [-0.25, -0.2) is 5.06 Å². The molecule has 6 nitrogen and oxygen atoms in total. The van der Waals surface area contributed by atoms with E-state index < -0.39 is 5.91 Å². The van der Waals surface area contributed by atoms with Gasteiger partial charge in [0.1, 0.15) is 0 Å². The van der Waals surface area contributed by atoms with Gasteiger partial charge in [0, 0.05) is 12.6 Å². The van der Waals surface area contributed by atoms with Crippen LogP contribution in [-0.2, 0) is 11.4 Å². The van der Waals surface area contributed by atoms with Crippen molar-refractivity contribution in [3.05, 3.63) is 70.8 Å². The smallest absolute Gasteiger partial charge is 0.274 e. The van der Waals surface area contributed by atoms with Gasteiger partial charge < -0.3 is 0 Å². The van der Waals surface area contributed by atoms with Crippen molar-refractivity contribution in [2.45, 2.75) is 6.54 Å². The van der Waals surface area contributed by atoms with Crippen LogP contribution in [0.1, 0.15) is 36.6 Å². The minimum Gasteiger partial charge on any atom is -0.274 e. The molecule has 0 unspecified atom stereocenters. The van der Waals surface area contributed by atoms with Crippen LogP contribution in [0.25, 0.3) is 0 Å². The number of benzene rings is 2. The Morgan fingerprint density at radius 3 is 2.38 bits per heavy atom. The number of carbonyl (C=O) groups is 3. The lowest BCUT2D eigenvalue weighted by molar-refractivity contribution is -0.0757. The Morgan fingerprint density at radius 2 is 1.71 bits per heavy atom. The summed E-state index contributed by atoms with van der Waals surface area (Å²) in [4.78, 5) is 43.2. The first kappa shape index (κ1) is 15.9. The van der Waals surface area contributed by atoms with Gasteiger partial charge in [0.05, 0.1) is 24.8 Å². The number of hydrogen-bond donors (Lipinski definition) is 0. The molecule has 2 aromatic rings. The summed E-state index contributed by atoms with van der Waals surface area (Å²) < 4.78 is 0. The summed E-state index contributed by atoms with van der Waals surface area (Å²) in [5.41, 5.74) is 1.71. The van der Waals surface area contributed by atoms with Gasteiger partial charge in [0.2, 0.25) is 0 Å². The molecule has 0 saturated heterocycles. The third kappa shape index (κ3) is 2.68. The highest BCUT2D eigenvalue weighted by Gasteiger charge is 2.36. The minimum absolute atomic E-state index is 0.203. The van der Waals surface area contributed by atoms with Gasteiger partial charge in [-0.3, -0.25) is 24.1 Å². The highest BCUT2D eigenvalue weighted by atomic mass is 16.7. The molecule has 0 bridgehead atoms. The third-order valence-electron chi connectivity index (χ3n) is 3.96. The van der Waals surface area contributed by atoms with Crippen molar-refractivity contribution >= 4 is 17.7 Å². The fourth-order valence-corrected chi connectivity index (χ4v) is 2.60. The summed E-state index contributed by atoms with van der Waals surface area (Å²) in [6, 6.07) is 13.8. The van der Waals surface area contributed by atoms with Crippen molar-refractivity contribution in [2.75, 3.05) is 14.2 Å². The zero-order chi connectivity index (χ0) is 17.3. The average Bonchev–Trinajstić information content (AvgIpc) is 2.85. The summed E-state index contributed by atoms with van der Waals surface area (Å²) in [6.45, 7) is 0.203. The molecule has 0 N–H and O–H groups in total. The molecule has 0 atom stereocenters. The van der Waals surface area contributed by atoms with E-state index in [1.165, 1.54) is 37.3 Å². The minimum atomic E-state index is -0.395. The molecule has 122 valence electrons. The molecule has 0 aromatic heterocycles. The molecule has 0 saturated carbocycles. The first-order valence-electron chi connectivity index (χ1n) is 7.39. The highest BCUT2D eigenvalue weighted by Crippen LogP contribution is 2.26. The van der Waals surface area contributed by atoms with Crippen LogP contribution in [0.5, 0.6) is 0 Å². The van der Waals surface area contributed by atoms with E-state index in [1.807, 2.05) is 30.3 Å². The van der Waals surface area contributed by atoms with Crippen LogP contribution in [0.2, 0.25) is 0 Å². The molecule has 3 amide bonds. The quantitative estimate of drug-likeness (QED) is 0.638. The van der Waals surface area contributed by atoms with E-state index in [9.17, 15) is 14.4 Å². The molecule has 3 rings (SSSR count). The van der Waals surface area contributed by atoms with Gasteiger partial charge in [-0.2, -0.15) is 0 Å². The number of nitrogens with zero attached hydrogens (tertiary/aromatic N) is 2. The Labute approximate surface area is 139 Å². The fraction of sp³-hybridized carbons (Fsp3) is 0.167. The van der Waals surface area contributed by atoms with Crippen LogP contribution in [0.3, 0.4) is 0 Å². The molecule has 0 spiro atoms. The first-order valence-corrected chi connectivity index (χ1v) is 7.39. The summed E-state index contributed by atoms with van der Waals surface area (Å²) in [5.74, 6) is -1.13. The van der Waals surface area contributed by atoms with E-state index in [4.69, 9.17) is 4.84 Å². The number of amides is 3. The molecule has 1 aliphatic rings. The zero-order valence-corrected chi connectivity index (χ0v) is 13.4. The second-order valence-electron chi connectivity index (χ2n) is 5.43. The van der Waals surface area contributed by atoms with E-state index in [2.05, 4.69) is 0 Å². The molecule has 1 aliphatic heterocycles. The van der Waals surface area contributed by atoms with Crippen molar-refractivity contribution in [3.8, 4) is 0 Å². The zero-order valence-electron chi connectivity index (χ0n) is 13.4. The number of rotatable bonds is 4. The molecule has 0 aliphatic carbocycles. The van der Waals surface area contributed by atoms with Gasteiger partial charge in [-0.15, -0.1) is 0 Å². The van der Waals surface area contributed by atoms with Gasteiger partial charge in [-0.05, 0) is 23.8 Å². The normalized spacial score (nSPS) is 13.2. The van der Waals surface area contributed by atoms with Crippen molar-refractivity contribution in [3.63, 3.8) is 0 Å². The lowest BCUT2D eigenvalue weighted by Gasteiger charge is -2.14. The predicted molar refractivity (Wildman–Crippen MR) is 86.2 cm³/mol. The molecule has 2 aromatic carbocycles. The maximum absolute atomic E-state index is 12.6.